The molecule has 9 nitrogen and oxygen atoms in total. The zero-order valence-electron chi connectivity index (χ0n) is 10.4. The van der Waals surface area contributed by atoms with Crippen molar-refractivity contribution in [3.63, 3.8) is 0 Å². The number of carboxylic acid groups (broad SMARTS) is 2. The molecular weight excluding hydrogens is 258 g/mol. The highest BCUT2D eigenvalue weighted by atomic mass is 16.4. The van der Waals surface area contributed by atoms with Crippen LogP contribution in [0.2, 0.25) is 0 Å². The topological polar surface area (TPSA) is 145 Å². The Kier molecular flexibility index (Phi) is 7.66. The van der Waals surface area contributed by atoms with E-state index in [2.05, 4.69) is 16.0 Å². The number of urea groups is 1. The molecule has 5 N–H and O–H groups in total. The van der Waals surface area contributed by atoms with Crippen molar-refractivity contribution in [2.24, 2.45) is 0 Å². The van der Waals surface area contributed by atoms with Crippen LogP contribution >= 0.6 is 0 Å². The lowest BCUT2D eigenvalue weighted by Gasteiger charge is -2.14. The van der Waals surface area contributed by atoms with Gasteiger partial charge in [0, 0.05) is 13.0 Å². The van der Waals surface area contributed by atoms with Gasteiger partial charge >= 0.3 is 18.0 Å². The lowest BCUT2D eigenvalue weighted by atomic mass is 10.1. The summed E-state index contributed by atoms with van der Waals surface area (Å²) < 4.78 is 0. The quantitative estimate of drug-likeness (QED) is 0.374. The predicted molar refractivity (Wildman–Crippen MR) is 63.5 cm³/mol. The Morgan fingerprint density at radius 3 is 2.21 bits per heavy atom. The van der Waals surface area contributed by atoms with Crippen LogP contribution in [0.4, 0.5) is 4.79 Å². The monoisotopic (exact) mass is 275 g/mol. The van der Waals surface area contributed by atoms with Crippen LogP contribution in [0.15, 0.2) is 0 Å². The number of carboxylic acids is 2. The van der Waals surface area contributed by atoms with Gasteiger partial charge in [0.25, 0.3) is 0 Å². The van der Waals surface area contributed by atoms with Crippen molar-refractivity contribution < 1.29 is 29.4 Å². The molecule has 0 heterocycles. The fourth-order valence-corrected chi connectivity index (χ4v) is 1.15. The van der Waals surface area contributed by atoms with Gasteiger partial charge in [-0.2, -0.15) is 0 Å². The van der Waals surface area contributed by atoms with Crippen LogP contribution in [0.25, 0.3) is 0 Å². The molecule has 0 aliphatic rings. The third-order valence-corrected chi connectivity index (χ3v) is 2.03. The van der Waals surface area contributed by atoms with E-state index >= 15 is 0 Å². The fourth-order valence-electron chi connectivity index (χ4n) is 1.15. The van der Waals surface area contributed by atoms with Gasteiger partial charge in [-0.15, -0.1) is 0 Å². The van der Waals surface area contributed by atoms with Crippen molar-refractivity contribution in [2.75, 3.05) is 13.1 Å². The highest BCUT2D eigenvalue weighted by Gasteiger charge is 2.20. The van der Waals surface area contributed by atoms with Gasteiger partial charge < -0.3 is 26.2 Å². The molecule has 0 saturated carbocycles. The van der Waals surface area contributed by atoms with E-state index in [1.165, 1.54) is 0 Å². The van der Waals surface area contributed by atoms with Crippen molar-refractivity contribution in [1.29, 1.82) is 0 Å². The summed E-state index contributed by atoms with van der Waals surface area (Å²) in [6.07, 6.45) is -0.618. The lowest BCUT2D eigenvalue weighted by Crippen LogP contribution is -2.48. The summed E-state index contributed by atoms with van der Waals surface area (Å²) in [7, 11) is 0. The molecule has 0 radical (unpaired) electrons. The number of aliphatic carboxylic acids is 2. The van der Waals surface area contributed by atoms with Crippen LogP contribution in [0, 0.1) is 0 Å². The normalized spacial score (nSPS) is 11.2. The largest absolute Gasteiger partial charge is 0.481 e. The van der Waals surface area contributed by atoms with E-state index in [1.807, 2.05) is 0 Å². The number of carbonyl (C=O) groups is 4. The average molecular weight is 275 g/mol. The zero-order valence-corrected chi connectivity index (χ0v) is 10.4. The minimum Gasteiger partial charge on any atom is -0.481 e. The molecule has 1 unspecified atom stereocenters. The molecule has 0 aliphatic carbocycles. The molecule has 0 bridgehead atoms. The smallest absolute Gasteiger partial charge is 0.326 e. The molecule has 108 valence electrons. The van der Waals surface area contributed by atoms with Gasteiger partial charge in [-0.3, -0.25) is 9.59 Å². The second-order valence-corrected chi connectivity index (χ2v) is 3.60. The molecule has 0 fully saturated rings. The first-order chi connectivity index (χ1) is 8.86. The van der Waals surface area contributed by atoms with E-state index in [-0.39, 0.29) is 19.4 Å². The van der Waals surface area contributed by atoms with E-state index in [9.17, 15) is 19.2 Å². The van der Waals surface area contributed by atoms with Gasteiger partial charge in [-0.25, -0.2) is 9.59 Å². The summed E-state index contributed by atoms with van der Waals surface area (Å²) in [6, 6.07) is -2.16. The molecule has 3 amide bonds. The molecule has 0 aromatic rings. The second kappa shape index (κ2) is 8.72. The molecule has 0 aliphatic heterocycles. The van der Waals surface area contributed by atoms with Crippen LogP contribution < -0.4 is 16.0 Å². The van der Waals surface area contributed by atoms with Gasteiger partial charge in [-0.1, -0.05) is 0 Å². The van der Waals surface area contributed by atoms with Gasteiger partial charge in [-0.05, 0) is 13.3 Å². The highest BCUT2D eigenvalue weighted by Crippen LogP contribution is 1.97. The Morgan fingerprint density at radius 1 is 1.11 bits per heavy atom. The summed E-state index contributed by atoms with van der Waals surface area (Å²) in [5, 5.41) is 23.9. The molecule has 9 heteroatoms. The van der Waals surface area contributed by atoms with Gasteiger partial charge in [0.2, 0.25) is 5.91 Å². The second-order valence-electron chi connectivity index (χ2n) is 3.60. The zero-order chi connectivity index (χ0) is 14.8. The standard InChI is InChI=1S/C10H17N3O6/c1-2-11-7(14)5-12-10(19)13-6(9(17)18)3-4-8(15)16/h6H,2-5H2,1H3,(H,11,14)(H,15,16)(H,17,18)(H2,12,13,19). The third kappa shape index (κ3) is 8.41. The minimum absolute atomic E-state index is 0.237. The minimum atomic E-state index is -1.34. The van der Waals surface area contributed by atoms with E-state index in [0.29, 0.717) is 6.54 Å². The summed E-state index contributed by atoms with van der Waals surface area (Å²) in [5.74, 6) is -2.90. The van der Waals surface area contributed by atoms with Crippen molar-refractivity contribution in [3.05, 3.63) is 0 Å². The van der Waals surface area contributed by atoms with Gasteiger partial charge in [0.1, 0.15) is 6.04 Å². The number of amides is 3. The van der Waals surface area contributed by atoms with Crippen molar-refractivity contribution in [2.45, 2.75) is 25.8 Å². The number of nitrogens with one attached hydrogen (secondary N) is 3. The number of rotatable bonds is 8. The summed E-state index contributed by atoms with van der Waals surface area (Å²) in [6.45, 7) is 1.84. The SMILES string of the molecule is CCNC(=O)CNC(=O)NC(CCC(=O)O)C(=O)O. The molecule has 1 atom stereocenters. The first kappa shape index (κ1) is 16.7. The van der Waals surface area contributed by atoms with Gasteiger partial charge in [0.15, 0.2) is 0 Å². The molecular formula is C10H17N3O6. The fraction of sp³-hybridized carbons (Fsp3) is 0.600. The van der Waals surface area contributed by atoms with E-state index in [4.69, 9.17) is 10.2 Å². The number of hydrogen-bond donors (Lipinski definition) is 5. The molecule has 0 aromatic carbocycles. The van der Waals surface area contributed by atoms with Crippen molar-refractivity contribution in [3.8, 4) is 0 Å². The Balaban J connectivity index is 4.13. The number of likely N-dealkylation sites (N-methyl/N-ethyl adjacent to an activating group) is 1. The predicted octanol–water partition coefficient (Wildman–Crippen LogP) is -1.26. The van der Waals surface area contributed by atoms with Crippen molar-refractivity contribution in [1.82, 2.24) is 16.0 Å². The molecule has 0 rings (SSSR count). The maximum atomic E-state index is 11.3. The summed E-state index contributed by atoms with van der Waals surface area (Å²) in [5.41, 5.74) is 0. The van der Waals surface area contributed by atoms with Crippen LogP contribution in [0.3, 0.4) is 0 Å². The molecule has 0 spiro atoms. The summed E-state index contributed by atoms with van der Waals surface area (Å²) in [4.78, 5) is 43.4. The summed E-state index contributed by atoms with van der Waals surface area (Å²) >= 11 is 0. The lowest BCUT2D eigenvalue weighted by molar-refractivity contribution is -0.140. The van der Waals surface area contributed by atoms with E-state index in [1.54, 1.807) is 6.92 Å². The first-order valence-corrected chi connectivity index (χ1v) is 5.62. The average Bonchev–Trinajstić information content (AvgIpc) is 2.31. The van der Waals surface area contributed by atoms with Crippen LogP contribution in [0.1, 0.15) is 19.8 Å². The number of hydrogen-bond acceptors (Lipinski definition) is 4. The Labute approximate surface area is 109 Å². The van der Waals surface area contributed by atoms with Crippen molar-refractivity contribution >= 4 is 23.9 Å². The van der Waals surface area contributed by atoms with Crippen LogP contribution in [0.5, 0.6) is 0 Å². The Hall–Kier alpha value is -2.32. The maximum Gasteiger partial charge on any atom is 0.326 e. The first-order valence-electron chi connectivity index (χ1n) is 5.62. The van der Waals surface area contributed by atoms with Crippen LogP contribution in [-0.2, 0) is 14.4 Å². The maximum absolute atomic E-state index is 11.3. The van der Waals surface area contributed by atoms with E-state index in [0.717, 1.165) is 0 Å². The number of carbonyl (C=O) groups excluding carboxylic acids is 2. The van der Waals surface area contributed by atoms with E-state index < -0.39 is 29.9 Å². The highest BCUT2D eigenvalue weighted by molar-refractivity contribution is 5.86. The molecule has 0 aromatic heterocycles. The Bertz CT molecular complexity index is 357. The molecule has 0 saturated heterocycles. The van der Waals surface area contributed by atoms with Crippen LogP contribution in [-0.4, -0.2) is 53.2 Å². The molecule has 19 heavy (non-hydrogen) atoms. The van der Waals surface area contributed by atoms with Gasteiger partial charge in [0.05, 0.1) is 6.54 Å². The Morgan fingerprint density at radius 2 is 1.74 bits per heavy atom. The third-order valence-electron chi connectivity index (χ3n) is 2.03.